The van der Waals surface area contributed by atoms with E-state index in [9.17, 15) is 23.1 Å². The molecule has 3 heterocycles. The molecule has 0 unspecified atom stereocenters. The molecule has 1 saturated heterocycles. The summed E-state index contributed by atoms with van der Waals surface area (Å²) in [4.78, 5) is 23.0. The minimum atomic E-state index is -3.11. The summed E-state index contributed by atoms with van der Waals surface area (Å²) < 4.78 is 49.6. The predicted octanol–water partition coefficient (Wildman–Crippen LogP) is 5.06. The first kappa shape index (κ1) is 26.4. The molecule has 188 valence electrons. The molecule has 1 aliphatic rings. The van der Waals surface area contributed by atoms with Gasteiger partial charge in [-0.2, -0.15) is 8.78 Å². The summed E-state index contributed by atoms with van der Waals surface area (Å²) >= 11 is 1.19. The first-order valence-corrected chi connectivity index (χ1v) is 11.9. The lowest BCUT2D eigenvalue weighted by Crippen LogP contribution is -2.59. The number of hydrogen-bond donors (Lipinski definition) is 1. The van der Waals surface area contributed by atoms with Gasteiger partial charge in [-0.1, -0.05) is 27.7 Å². The number of carboxylic acids is 1. The van der Waals surface area contributed by atoms with Crippen molar-refractivity contribution in [3.8, 4) is 16.5 Å². The van der Waals surface area contributed by atoms with Crippen LogP contribution in [0.2, 0.25) is 0 Å². The fourth-order valence-corrected chi connectivity index (χ4v) is 5.03. The van der Waals surface area contributed by atoms with Gasteiger partial charge in [0.2, 0.25) is 5.88 Å². The Morgan fingerprint density at radius 1 is 1.35 bits per heavy atom. The van der Waals surface area contributed by atoms with E-state index in [4.69, 9.17) is 4.74 Å². The van der Waals surface area contributed by atoms with Crippen LogP contribution in [0.3, 0.4) is 0 Å². The van der Waals surface area contributed by atoms with Crippen molar-refractivity contribution >= 4 is 17.3 Å². The highest BCUT2D eigenvalue weighted by molar-refractivity contribution is 7.15. The molecule has 1 N–H and O–H groups in total. The number of ether oxygens (including phenoxy) is 2. The smallest absolute Gasteiger partial charge is 0.388 e. The van der Waals surface area contributed by atoms with E-state index in [0.29, 0.717) is 32.5 Å². The number of halogens is 3. The Balaban J connectivity index is 1.86. The minimum Gasteiger partial charge on any atom is -0.479 e. The Labute approximate surface area is 200 Å². The Hall–Kier alpha value is -2.24. The van der Waals surface area contributed by atoms with Crippen LogP contribution in [0.1, 0.15) is 45.4 Å². The first-order valence-electron chi connectivity index (χ1n) is 11.1. The fraction of sp³-hybridized carbons (Fsp3) is 0.609. The maximum atomic E-state index is 13.8. The third-order valence-electron chi connectivity index (χ3n) is 5.91. The number of alkyl halides is 2. The molecule has 7 nitrogen and oxygen atoms in total. The molecule has 0 spiro atoms. The second-order valence-corrected chi connectivity index (χ2v) is 10.7. The highest BCUT2D eigenvalue weighted by Crippen LogP contribution is 2.40. The third kappa shape index (κ3) is 6.25. The van der Waals surface area contributed by atoms with Crippen LogP contribution in [0.15, 0.2) is 18.5 Å². The molecule has 0 radical (unpaired) electrons. The summed E-state index contributed by atoms with van der Waals surface area (Å²) in [5.41, 5.74) is -1.42. The van der Waals surface area contributed by atoms with E-state index in [-0.39, 0.29) is 28.4 Å². The number of thiazole rings is 1. The van der Waals surface area contributed by atoms with Gasteiger partial charge in [-0.25, -0.2) is 19.2 Å². The molecule has 2 aromatic heterocycles. The van der Waals surface area contributed by atoms with E-state index in [0.717, 1.165) is 17.1 Å². The SMILES string of the molecule is CCCO[C@@]1(C(=O)O)C[C@@H](C(C)(C)C)CN(Cc2cnc(-c3cc(F)cnc3OC(F)F)s2)C1. The van der Waals surface area contributed by atoms with Gasteiger partial charge >= 0.3 is 12.6 Å². The lowest BCUT2D eigenvalue weighted by Gasteiger charge is -2.47. The highest BCUT2D eigenvalue weighted by atomic mass is 32.1. The van der Waals surface area contributed by atoms with Gasteiger partial charge in [0.1, 0.15) is 10.8 Å². The Kier molecular flexibility index (Phi) is 8.20. The molecule has 11 heteroatoms. The third-order valence-corrected chi connectivity index (χ3v) is 6.93. The lowest BCUT2D eigenvalue weighted by atomic mass is 9.71. The molecular formula is C23H30F3N3O4S. The molecular weight excluding hydrogens is 471 g/mol. The average molecular weight is 502 g/mol. The molecule has 1 aliphatic heterocycles. The van der Waals surface area contributed by atoms with Crippen LogP contribution in [0.4, 0.5) is 13.2 Å². The minimum absolute atomic E-state index is 0.0360. The van der Waals surface area contributed by atoms with E-state index in [1.165, 1.54) is 11.3 Å². The zero-order valence-corrected chi connectivity index (χ0v) is 20.5. The van der Waals surface area contributed by atoms with E-state index in [1.807, 2.05) is 11.8 Å². The zero-order chi connectivity index (χ0) is 25.1. The maximum Gasteiger partial charge on any atom is 0.388 e. The second-order valence-electron chi connectivity index (χ2n) is 9.60. The number of pyridine rings is 1. The van der Waals surface area contributed by atoms with E-state index < -0.39 is 29.9 Å². The van der Waals surface area contributed by atoms with Gasteiger partial charge in [-0.3, -0.25) is 4.90 Å². The fourth-order valence-electron chi connectivity index (χ4n) is 4.07. The van der Waals surface area contributed by atoms with Crippen molar-refractivity contribution < 1.29 is 32.5 Å². The summed E-state index contributed by atoms with van der Waals surface area (Å²) in [7, 11) is 0. The van der Waals surface area contributed by atoms with Crippen LogP contribution in [0, 0.1) is 17.2 Å². The summed E-state index contributed by atoms with van der Waals surface area (Å²) in [5.74, 6) is -2.01. The van der Waals surface area contributed by atoms with Crippen molar-refractivity contribution in [3.63, 3.8) is 0 Å². The molecule has 0 aromatic carbocycles. The van der Waals surface area contributed by atoms with Crippen LogP contribution in [-0.4, -0.2) is 57.9 Å². The number of likely N-dealkylation sites (tertiary alicyclic amines) is 1. The van der Waals surface area contributed by atoms with Gasteiger partial charge in [0.15, 0.2) is 5.60 Å². The van der Waals surface area contributed by atoms with E-state index >= 15 is 0 Å². The number of rotatable bonds is 9. The van der Waals surface area contributed by atoms with Crippen LogP contribution < -0.4 is 4.74 Å². The Morgan fingerprint density at radius 2 is 2.09 bits per heavy atom. The standard InChI is InChI=1S/C23H30F3N3O4S/c1-5-6-32-23(20(30)31)8-14(22(2,3)4)11-29(13-23)12-16-10-28-19(34-16)17-7-15(24)9-27-18(17)33-21(25)26/h7,9-10,14,21H,5-6,8,11-13H2,1-4H3,(H,30,31)/t14-,23+/m1/s1. The zero-order valence-electron chi connectivity index (χ0n) is 19.7. The predicted molar refractivity (Wildman–Crippen MR) is 121 cm³/mol. The van der Waals surface area contributed by atoms with Crippen molar-refractivity contribution in [2.75, 3.05) is 19.7 Å². The van der Waals surface area contributed by atoms with Crippen LogP contribution in [0.5, 0.6) is 5.88 Å². The number of hydrogen-bond acceptors (Lipinski definition) is 7. The Morgan fingerprint density at radius 3 is 2.71 bits per heavy atom. The van der Waals surface area contributed by atoms with Crippen LogP contribution in [0.25, 0.3) is 10.6 Å². The Bertz CT molecular complexity index is 998. The highest BCUT2D eigenvalue weighted by Gasteiger charge is 2.49. The second kappa shape index (κ2) is 10.6. The van der Waals surface area contributed by atoms with Gasteiger partial charge in [0.25, 0.3) is 0 Å². The first-order chi connectivity index (χ1) is 15.9. The van der Waals surface area contributed by atoms with Crippen LogP contribution >= 0.6 is 11.3 Å². The van der Waals surface area contributed by atoms with E-state index in [1.54, 1.807) is 6.20 Å². The number of carbonyl (C=O) groups is 1. The number of piperidine rings is 1. The van der Waals surface area contributed by atoms with Crippen molar-refractivity contribution in [1.82, 2.24) is 14.9 Å². The molecule has 3 rings (SSSR count). The quantitative estimate of drug-likeness (QED) is 0.514. The van der Waals surface area contributed by atoms with E-state index in [2.05, 4.69) is 35.5 Å². The number of aromatic nitrogens is 2. The number of aliphatic carboxylic acids is 1. The molecule has 0 bridgehead atoms. The molecule has 2 atom stereocenters. The number of carboxylic acid groups (broad SMARTS) is 1. The monoisotopic (exact) mass is 501 g/mol. The maximum absolute atomic E-state index is 13.8. The van der Waals surface area contributed by atoms with Gasteiger partial charge in [-0.05, 0) is 30.2 Å². The molecule has 0 saturated carbocycles. The molecule has 0 amide bonds. The molecule has 2 aromatic rings. The summed E-state index contributed by atoms with van der Waals surface area (Å²) in [6.07, 6.45) is 3.50. The summed E-state index contributed by atoms with van der Waals surface area (Å²) in [6.45, 7) is 6.70. The van der Waals surface area contributed by atoms with Crippen molar-refractivity contribution in [1.29, 1.82) is 0 Å². The van der Waals surface area contributed by atoms with Crippen LogP contribution in [-0.2, 0) is 16.1 Å². The largest absolute Gasteiger partial charge is 0.479 e. The normalized spacial score (nSPS) is 21.7. The average Bonchev–Trinajstić information content (AvgIpc) is 3.20. The van der Waals surface area contributed by atoms with Crippen molar-refractivity contribution in [3.05, 3.63) is 29.2 Å². The van der Waals surface area contributed by atoms with Gasteiger partial charge in [-0.15, -0.1) is 11.3 Å². The summed E-state index contributed by atoms with van der Waals surface area (Å²) in [6, 6.07) is 1.05. The lowest BCUT2D eigenvalue weighted by molar-refractivity contribution is -0.181. The molecule has 34 heavy (non-hydrogen) atoms. The van der Waals surface area contributed by atoms with Crippen molar-refractivity contribution in [2.24, 2.45) is 11.3 Å². The van der Waals surface area contributed by atoms with Crippen molar-refractivity contribution in [2.45, 2.75) is 59.3 Å². The molecule has 1 fully saturated rings. The summed E-state index contributed by atoms with van der Waals surface area (Å²) in [5, 5.41) is 10.4. The van der Waals surface area contributed by atoms with Gasteiger partial charge in [0, 0.05) is 37.3 Å². The molecule has 0 aliphatic carbocycles. The van der Waals surface area contributed by atoms with Gasteiger partial charge in [0.05, 0.1) is 11.8 Å². The van der Waals surface area contributed by atoms with Gasteiger partial charge < -0.3 is 14.6 Å². The topological polar surface area (TPSA) is 84.8 Å². The number of nitrogens with zero attached hydrogens (tertiary/aromatic N) is 3.